The first-order valence-corrected chi connectivity index (χ1v) is 7.69. The standard InChI is InChI=1S/C15H24N2O/c16-13-1-2-17(9-13)14(18)15-6-10-3-11(7-15)5-12(4-10)8-15/h10-13H,1-9,16H2. The largest absolute Gasteiger partial charge is 0.341 e. The maximum absolute atomic E-state index is 12.9. The first kappa shape index (κ1) is 11.3. The molecule has 4 bridgehead atoms. The molecule has 5 fully saturated rings. The predicted molar refractivity (Wildman–Crippen MR) is 69.8 cm³/mol. The van der Waals surface area contributed by atoms with Gasteiger partial charge in [-0.25, -0.2) is 0 Å². The molecule has 0 aromatic rings. The Hall–Kier alpha value is -0.570. The van der Waals surface area contributed by atoms with Gasteiger partial charge < -0.3 is 10.6 Å². The number of amides is 1. The van der Waals surface area contributed by atoms with Crippen molar-refractivity contribution in [2.24, 2.45) is 28.9 Å². The lowest BCUT2D eigenvalue weighted by Gasteiger charge is -2.56. The second kappa shape index (κ2) is 3.72. The molecule has 0 spiro atoms. The summed E-state index contributed by atoms with van der Waals surface area (Å²) in [7, 11) is 0. The Bertz CT molecular complexity index is 343. The summed E-state index contributed by atoms with van der Waals surface area (Å²) in [6.07, 6.45) is 8.78. The van der Waals surface area contributed by atoms with Gasteiger partial charge in [-0.15, -0.1) is 0 Å². The highest BCUT2D eigenvalue weighted by atomic mass is 16.2. The number of carbonyl (C=O) groups excluding carboxylic acids is 1. The van der Waals surface area contributed by atoms with Crippen molar-refractivity contribution in [3.8, 4) is 0 Å². The van der Waals surface area contributed by atoms with E-state index in [0.29, 0.717) is 5.91 Å². The summed E-state index contributed by atoms with van der Waals surface area (Å²) in [5.74, 6) is 3.04. The molecule has 1 atom stereocenters. The van der Waals surface area contributed by atoms with Gasteiger partial charge in [0.1, 0.15) is 0 Å². The molecule has 3 heteroatoms. The zero-order valence-electron chi connectivity index (χ0n) is 11.1. The van der Waals surface area contributed by atoms with Crippen molar-refractivity contribution >= 4 is 5.91 Å². The molecule has 0 radical (unpaired) electrons. The van der Waals surface area contributed by atoms with Crippen molar-refractivity contribution < 1.29 is 4.79 Å². The van der Waals surface area contributed by atoms with E-state index in [1.807, 2.05) is 0 Å². The molecule has 5 aliphatic rings. The highest BCUT2D eigenvalue weighted by molar-refractivity contribution is 5.83. The van der Waals surface area contributed by atoms with Crippen LogP contribution in [-0.2, 0) is 4.79 Å². The minimum atomic E-state index is 0.0405. The van der Waals surface area contributed by atoms with Gasteiger partial charge in [0.2, 0.25) is 5.91 Å². The second-order valence-corrected chi connectivity index (χ2v) is 7.50. The molecule has 3 nitrogen and oxygen atoms in total. The van der Waals surface area contributed by atoms with Gasteiger partial charge in [0.05, 0.1) is 5.41 Å². The zero-order valence-corrected chi connectivity index (χ0v) is 11.1. The molecule has 5 rings (SSSR count). The molecule has 2 N–H and O–H groups in total. The third-order valence-electron chi connectivity index (χ3n) is 6.00. The summed E-state index contributed by atoms with van der Waals surface area (Å²) in [4.78, 5) is 15.0. The second-order valence-electron chi connectivity index (χ2n) is 7.50. The van der Waals surface area contributed by atoms with Crippen molar-refractivity contribution in [3.63, 3.8) is 0 Å². The van der Waals surface area contributed by atoms with Gasteiger partial charge in [0, 0.05) is 19.1 Å². The van der Waals surface area contributed by atoms with Gasteiger partial charge in [-0.1, -0.05) is 0 Å². The van der Waals surface area contributed by atoms with Gasteiger partial charge in [-0.3, -0.25) is 4.79 Å². The van der Waals surface area contributed by atoms with Crippen molar-refractivity contribution in [1.29, 1.82) is 0 Å². The van der Waals surface area contributed by atoms with Crippen LogP contribution in [0.5, 0.6) is 0 Å². The molecular weight excluding hydrogens is 224 g/mol. The number of hydrogen-bond donors (Lipinski definition) is 1. The molecule has 1 unspecified atom stereocenters. The van der Waals surface area contributed by atoms with E-state index in [1.165, 1.54) is 38.5 Å². The Kier molecular flexibility index (Phi) is 2.33. The lowest BCUT2D eigenvalue weighted by Crippen LogP contribution is -2.54. The van der Waals surface area contributed by atoms with Crippen LogP contribution in [0.1, 0.15) is 44.9 Å². The molecular formula is C15H24N2O. The Balaban J connectivity index is 1.58. The molecule has 100 valence electrons. The average Bonchev–Trinajstić information content (AvgIpc) is 2.73. The van der Waals surface area contributed by atoms with Crippen LogP contribution in [0.15, 0.2) is 0 Å². The summed E-state index contributed by atoms with van der Waals surface area (Å²) < 4.78 is 0. The highest BCUT2D eigenvalue weighted by Crippen LogP contribution is 2.60. The summed E-state index contributed by atoms with van der Waals surface area (Å²) in [5, 5.41) is 0. The topological polar surface area (TPSA) is 46.3 Å². The summed E-state index contributed by atoms with van der Waals surface area (Å²) in [5.41, 5.74) is 6.00. The molecule has 18 heavy (non-hydrogen) atoms. The number of hydrogen-bond acceptors (Lipinski definition) is 2. The molecule has 1 aliphatic heterocycles. The Morgan fingerprint density at radius 2 is 1.61 bits per heavy atom. The summed E-state index contributed by atoms with van der Waals surface area (Å²) >= 11 is 0. The van der Waals surface area contributed by atoms with E-state index in [1.54, 1.807) is 0 Å². The molecule has 4 saturated carbocycles. The molecule has 0 aromatic carbocycles. The number of carbonyl (C=O) groups is 1. The minimum absolute atomic E-state index is 0.0405. The monoisotopic (exact) mass is 248 g/mol. The van der Waals surface area contributed by atoms with Gasteiger partial charge >= 0.3 is 0 Å². The number of likely N-dealkylation sites (tertiary alicyclic amines) is 1. The van der Waals surface area contributed by atoms with Crippen LogP contribution < -0.4 is 5.73 Å². The van der Waals surface area contributed by atoms with E-state index in [-0.39, 0.29) is 11.5 Å². The normalized spacial score (nSPS) is 49.9. The number of rotatable bonds is 1. The van der Waals surface area contributed by atoms with Gasteiger partial charge in [-0.05, 0) is 62.7 Å². The lowest BCUT2D eigenvalue weighted by atomic mass is 9.49. The summed E-state index contributed by atoms with van der Waals surface area (Å²) in [6, 6.07) is 0.225. The SMILES string of the molecule is NC1CCN(C(=O)C23CC4CC(CC(C4)C2)C3)C1. The number of nitrogens with zero attached hydrogens (tertiary/aromatic N) is 1. The summed E-state index contributed by atoms with van der Waals surface area (Å²) in [6.45, 7) is 1.71. The van der Waals surface area contributed by atoms with E-state index in [4.69, 9.17) is 5.73 Å². The van der Waals surface area contributed by atoms with Crippen molar-refractivity contribution in [1.82, 2.24) is 4.90 Å². The molecule has 1 saturated heterocycles. The van der Waals surface area contributed by atoms with Crippen LogP contribution in [0.2, 0.25) is 0 Å². The van der Waals surface area contributed by atoms with Crippen LogP contribution in [0.25, 0.3) is 0 Å². The number of nitrogens with two attached hydrogens (primary N) is 1. The third kappa shape index (κ3) is 1.56. The van der Waals surface area contributed by atoms with Gasteiger partial charge in [0.25, 0.3) is 0 Å². The Morgan fingerprint density at radius 3 is 2.06 bits per heavy atom. The van der Waals surface area contributed by atoms with Crippen LogP contribution in [0.4, 0.5) is 0 Å². The van der Waals surface area contributed by atoms with Crippen LogP contribution in [0, 0.1) is 23.2 Å². The predicted octanol–water partition coefficient (Wildman–Crippen LogP) is 1.76. The van der Waals surface area contributed by atoms with Gasteiger partial charge in [0.15, 0.2) is 0 Å². The fraction of sp³-hybridized carbons (Fsp3) is 0.933. The average molecular weight is 248 g/mol. The Morgan fingerprint density at radius 1 is 1.06 bits per heavy atom. The lowest BCUT2D eigenvalue weighted by molar-refractivity contribution is -0.156. The maximum Gasteiger partial charge on any atom is 0.228 e. The molecule has 1 heterocycles. The van der Waals surface area contributed by atoms with Crippen molar-refractivity contribution in [2.75, 3.05) is 13.1 Å². The van der Waals surface area contributed by atoms with E-state index < -0.39 is 0 Å². The van der Waals surface area contributed by atoms with Gasteiger partial charge in [-0.2, -0.15) is 0 Å². The van der Waals surface area contributed by atoms with Crippen molar-refractivity contribution in [2.45, 2.75) is 51.0 Å². The quantitative estimate of drug-likeness (QED) is 0.768. The Labute approximate surface area is 109 Å². The fourth-order valence-corrected chi connectivity index (χ4v) is 5.68. The van der Waals surface area contributed by atoms with Crippen LogP contribution in [0.3, 0.4) is 0 Å². The van der Waals surface area contributed by atoms with E-state index in [9.17, 15) is 4.79 Å². The first-order chi connectivity index (χ1) is 8.64. The van der Waals surface area contributed by atoms with E-state index >= 15 is 0 Å². The molecule has 1 amide bonds. The smallest absolute Gasteiger partial charge is 0.228 e. The fourth-order valence-electron chi connectivity index (χ4n) is 5.68. The van der Waals surface area contributed by atoms with Crippen LogP contribution >= 0.6 is 0 Å². The maximum atomic E-state index is 12.9. The highest BCUT2D eigenvalue weighted by Gasteiger charge is 2.55. The third-order valence-corrected chi connectivity index (χ3v) is 6.00. The first-order valence-electron chi connectivity index (χ1n) is 7.69. The van der Waals surface area contributed by atoms with E-state index in [0.717, 1.165) is 37.3 Å². The van der Waals surface area contributed by atoms with E-state index in [2.05, 4.69) is 4.90 Å². The molecule has 0 aromatic heterocycles. The minimum Gasteiger partial charge on any atom is -0.341 e. The molecule has 4 aliphatic carbocycles. The van der Waals surface area contributed by atoms with Crippen molar-refractivity contribution in [3.05, 3.63) is 0 Å². The van der Waals surface area contributed by atoms with Crippen LogP contribution in [-0.4, -0.2) is 29.9 Å². The zero-order chi connectivity index (χ0) is 12.3.